The van der Waals surface area contributed by atoms with Crippen LogP contribution in [0.25, 0.3) is 67.1 Å². The Kier molecular flexibility index (Phi) is 35.5. The van der Waals surface area contributed by atoms with Crippen LogP contribution in [0.3, 0.4) is 0 Å². The Morgan fingerprint density at radius 1 is 0.317 bits per heavy atom. The summed E-state index contributed by atoms with van der Waals surface area (Å²) in [5.74, 6) is 1.97. The SMILES string of the molecule is C=CCc1c(C)nc(-c2ccc(/C=C/CCC)s2)nc1Nc1ccc(C(=O)O)cc1.C=CCc1c(CC)nc(-c2ccc(/C=C/CCC)s2)nc1Nc1ccc(C(=O)O)cc1.CCC/C=C/c1ccc(-c2nc(C)c(CC)c(Nc3ccc(C(=O)O)cc3)n2)s1.CCC/C=C/c1ccc(-c2nc(CC)c(CC)c(Nc3ccc(C(=O)O)cc3)n2)s1. The second-order valence-electron chi connectivity index (χ2n) is 27.6. The second kappa shape index (κ2) is 46.6. The summed E-state index contributed by atoms with van der Waals surface area (Å²) < 4.78 is 0. The smallest absolute Gasteiger partial charge is 0.335 e. The maximum atomic E-state index is 11.1. The van der Waals surface area contributed by atoms with Crippen molar-refractivity contribution in [2.24, 2.45) is 0 Å². The third-order valence-electron chi connectivity index (χ3n) is 18.6. The molecule has 12 aromatic rings. The summed E-state index contributed by atoms with van der Waals surface area (Å²) in [6.07, 6.45) is 34.3. The second-order valence-corrected chi connectivity index (χ2v) is 32.0. The molecule has 4 aromatic carbocycles. The van der Waals surface area contributed by atoms with Crippen LogP contribution in [0.15, 0.2) is 195 Å². The number of aromatic nitrogens is 8. The highest BCUT2D eigenvalue weighted by molar-refractivity contribution is 7.17. The molecule has 0 spiro atoms. The lowest BCUT2D eigenvalue weighted by atomic mass is 10.1. The van der Waals surface area contributed by atoms with Crippen molar-refractivity contribution in [3.05, 3.63) is 282 Å². The Labute approximate surface area is 719 Å². The van der Waals surface area contributed by atoms with Crippen molar-refractivity contribution >= 4 is 140 Å². The molecular weight excluding hydrogens is 1580 g/mol. The number of allylic oxidation sites excluding steroid dienone is 6. The summed E-state index contributed by atoms with van der Waals surface area (Å²) in [7, 11) is 0. The highest BCUT2D eigenvalue weighted by atomic mass is 32.1. The summed E-state index contributed by atoms with van der Waals surface area (Å²) in [5.41, 5.74) is 12.1. The van der Waals surface area contributed by atoms with Gasteiger partial charge in [-0.15, -0.1) is 58.5 Å². The molecule has 8 heterocycles. The van der Waals surface area contributed by atoms with Gasteiger partial charge >= 0.3 is 23.9 Å². The maximum absolute atomic E-state index is 11.1. The number of carbonyl (C=O) groups is 4. The number of rotatable bonds is 36. The third-order valence-corrected chi connectivity index (χ3v) is 22.8. The molecule has 20 nitrogen and oxygen atoms in total. The molecule has 0 atom stereocenters. The minimum Gasteiger partial charge on any atom is -0.478 e. The van der Waals surface area contributed by atoms with Crippen molar-refractivity contribution in [3.8, 4) is 42.8 Å². The Hall–Kier alpha value is -12.5. The first-order valence-electron chi connectivity index (χ1n) is 40.4. The van der Waals surface area contributed by atoms with Gasteiger partial charge in [-0.2, -0.15) is 0 Å². The minimum absolute atomic E-state index is 0.244. The molecular formula is C96H104N12O8S4. The normalized spacial score (nSPS) is 11.1. The van der Waals surface area contributed by atoms with Gasteiger partial charge < -0.3 is 41.7 Å². The van der Waals surface area contributed by atoms with Gasteiger partial charge in [-0.3, -0.25) is 0 Å². The molecule has 24 heteroatoms. The number of anilines is 8. The Morgan fingerprint density at radius 3 is 0.833 bits per heavy atom. The standard InChI is InChI=1S/C25H27N3O2S.C24H25N3O2S.C24H27N3O2S.C23H25N3O2S/c1-4-7-8-10-19-15-16-22(31-19)24-27-21(6-3)20(9-5-2)23(28-24)26-18-13-11-17(12-14-18)25(29)30;1-4-6-7-9-19-14-15-21(30-19)23-25-16(3)20(8-5-2)22(27-23)26-18-12-10-17(11-13-18)24(28)29;1-4-7-8-9-18-14-15-21(30-18)23-26-20(6-3)19(5-2)22(27-23)25-17-12-10-16(11-13-17)24(28)29;1-4-6-7-8-18-13-14-20(29-18)22-24-15(3)19(5-2)21(26-22)25-17-11-9-16(10-12-17)23(27)28/h5,8,10-16H,2,4,6-7,9H2,1,3H3,(H,29,30)(H,26,27,28);5,7,9-15H,2,4,6,8H2,1,3H3,(H,28,29)(H,25,26,27);8-15H,4-7H2,1-3H3,(H,28,29)(H,25,26,27);7-14H,4-6H2,1-3H3,(H,27,28)(H,24,25,26)/b10-8+;9-7+;9-8+;8-7+. The van der Waals surface area contributed by atoms with Crippen LogP contribution < -0.4 is 21.3 Å². The molecule has 0 radical (unpaired) electrons. The van der Waals surface area contributed by atoms with Crippen molar-refractivity contribution in [2.75, 3.05) is 21.3 Å². The van der Waals surface area contributed by atoms with Gasteiger partial charge in [0.1, 0.15) is 23.3 Å². The number of benzene rings is 4. The summed E-state index contributed by atoms with van der Waals surface area (Å²) >= 11 is 6.69. The van der Waals surface area contributed by atoms with Crippen LogP contribution in [-0.2, 0) is 38.5 Å². The number of thiophene rings is 4. The van der Waals surface area contributed by atoms with Crippen molar-refractivity contribution in [3.63, 3.8) is 0 Å². The van der Waals surface area contributed by atoms with Crippen molar-refractivity contribution in [1.82, 2.24) is 39.9 Å². The van der Waals surface area contributed by atoms with E-state index in [0.29, 0.717) is 42.0 Å². The van der Waals surface area contributed by atoms with Crippen LogP contribution in [0.2, 0.25) is 0 Å². The monoisotopic (exact) mass is 1680 g/mol. The number of hydrogen-bond donors (Lipinski definition) is 8. The lowest BCUT2D eigenvalue weighted by Crippen LogP contribution is -2.07. The molecule has 0 aliphatic heterocycles. The quantitative estimate of drug-likeness (QED) is 0.0169. The van der Waals surface area contributed by atoms with E-state index in [1.165, 1.54) is 19.5 Å². The molecule has 0 aliphatic carbocycles. The van der Waals surface area contributed by atoms with E-state index in [-0.39, 0.29) is 22.3 Å². The fraction of sp³-hybridized carbons (Fsp3) is 0.250. The Morgan fingerprint density at radius 2 is 0.567 bits per heavy atom. The molecule has 0 saturated heterocycles. The molecule has 620 valence electrons. The Balaban J connectivity index is 0.000000182. The van der Waals surface area contributed by atoms with Crippen LogP contribution in [0, 0.1) is 13.8 Å². The lowest BCUT2D eigenvalue weighted by Gasteiger charge is -2.15. The van der Waals surface area contributed by atoms with E-state index in [1.54, 1.807) is 142 Å². The number of nitrogens with one attached hydrogen (secondary N) is 4. The van der Waals surface area contributed by atoms with Crippen LogP contribution >= 0.6 is 45.3 Å². The first-order valence-corrected chi connectivity index (χ1v) is 43.6. The number of hydrogen-bond acceptors (Lipinski definition) is 20. The molecule has 0 unspecified atom stereocenters. The zero-order chi connectivity index (χ0) is 86.0. The van der Waals surface area contributed by atoms with E-state index >= 15 is 0 Å². The van der Waals surface area contributed by atoms with E-state index in [0.717, 1.165) is 182 Å². The fourth-order valence-corrected chi connectivity index (χ4v) is 15.8. The Bertz CT molecular complexity index is 5590. The first-order chi connectivity index (χ1) is 58.1. The highest BCUT2D eigenvalue weighted by Crippen LogP contribution is 2.37. The van der Waals surface area contributed by atoms with Crippen molar-refractivity contribution in [1.29, 1.82) is 0 Å². The van der Waals surface area contributed by atoms with Crippen LogP contribution in [-0.4, -0.2) is 84.2 Å². The van der Waals surface area contributed by atoms with E-state index in [2.05, 4.69) is 181 Å². The number of nitrogens with zero attached hydrogens (tertiary/aromatic N) is 8. The zero-order valence-electron chi connectivity index (χ0n) is 69.6. The summed E-state index contributed by atoms with van der Waals surface area (Å²) in [6, 6.07) is 43.2. The number of carboxylic acids is 4. The van der Waals surface area contributed by atoms with Gasteiger partial charge in [0.15, 0.2) is 23.3 Å². The molecule has 0 amide bonds. The average molecular weight is 1680 g/mol. The van der Waals surface area contributed by atoms with E-state index in [9.17, 15) is 19.2 Å². The third kappa shape index (κ3) is 26.3. The van der Waals surface area contributed by atoms with E-state index < -0.39 is 23.9 Å². The molecule has 0 fully saturated rings. The molecule has 12 rings (SSSR count). The average Bonchev–Trinajstić information content (AvgIpc) is 1.41. The van der Waals surface area contributed by atoms with Crippen LogP contribution in [0.4, 0.5) is 46.0 Å². The number of aromatic carboxylic acids is 4. The van der Waals surface area contributed by atoms with Gasteiger partial charge in [-0.25, -0.2) is 59.0 Å². The van der Waals surface area contributed by atoms with Gasteiger partial charge in [0.05, 0.1) is 41.8 Å². The van der Waals surface area contributed by atoms with E-state index in [4.69, 9.17) is 60.3 Å². The summed E-state index contributed by atoms with van der Waals surface area (Å²) in [6.45, 7) is 28.7. The predicted molar refractivity (Wildman–Crippen MR) is 499 cm³/mol. The maximum Gasteiger partial charge on any atom is 0.335 e. The molecule has 0 aliphatic rings. The largest absolute Gasteiger partial charge is 0.478 e. The van der Waals surface area contributed by atoms with Gasteiger partial charge in [-0.05, 0) is 248 Å². The molecule has 8 aromatic heterocycles. The lowest BCUT2D eigenvalue weighted by molar-refractivity contribution is 0.0686. The van der Waals surface area contributed by atoms with Gasteiger partial charge in [0.2, 0.25) is 0 Å². The van der Waals surface area contributed by atoms with Crippen LogP contribution in [0.5, 0.6) is 0 Å². The van der Waals surface area contributed by atoms with Gasteiger partial charge in [0, 0.05) is 87.3 Å². The molecule has 8 N–H and O–H groups in total. The highest BCUT2D eigenvalue weighted by Gasteiger charge is 2.21. The predicted octanol–water partition coefficient (Wildman–Crippen LogP) is 26.2. The number of unbranched alkanes of at least 4 members (excludes halogenated alkanes) is 4. The van der Waals surface area contributed by atoms with Crippen molar-refractivity contribution < 1.29 is 39.6 Å². The molecule has 120 heavy (non-hydrogen) atoms. The molecule has 0 saturated carbocycles. The van der Waals surface area contributed by atoms with Gasteiger partial charge in [0.25, 0.3) is 0 Å². The van der Waals surface area contributed by atoms with Crippen molar-refractivity contribution in [2.45, 2.75) is 159 Å². The fourth-order valence-electron chi connectivity index (χ4n) is 12.3. The zero-order valence-corrected chi connectivity index (χ0v) is 72.8. The summed E-state index contributed by atoms with van der Waals surface area (Å²) in [5, 5.41) is 49.8. The number of carboxylic acid groups (broad SMARTS) is 4. The number of aryl methyl sites for hydroxylation is 4. The van der Waals surface area contributed by atoms with Gasteiger partial charge in [-0.1, -0.05) is 118 Å². The van der Waals surface area contributed by atoms with E-state index in [1.807, 2.05) is 32.1 Å². The topological polar surface area (TPSA) is 300 Å². The minimum atomic E-state index is -0.949. The summed E-state index contributed by atoms with van der Waals surface area (Å²) in [4.78, 5) is 91.5. The first kappa shape index (κ1) is 91.4. The van der Waals surface area contributed by atoms with Crippen LogP contribution in [0.1, 0.15) is 213 Å². The molecule has 0 bridgehead atoms.